The van der Waals surface area contributed by atoms with Gasteiger partial charge >= 0.3 is 5.97 Å². The summed E-state index contributed by atoms with van der Waals surface area (Å²) in [6, 6.07) is -10.2. The summed E-state index contributed by atoms with van der Waals surface area (Å²) in [6.07, 6.45) is 13.8. The Morgan fingerprint density at radius 1 is 0.606 bits per heavy atom. The number of carboxylic acids is 1. The summed E-state index contributed by atoms with van der Waals surface area (Å²) >= 11 is 0. The quantitative estimate of drug-likeness (QED) is 0.0206. The molecule has 1 fully saturated rings. The fourth-order valence-corrected chi connectivity index (χ4v) is 7.53. The summed E-state index contributed by atoms with van der Waals surface area (Å²) in [7, 11) is 0. The van der Waals surface area contributed by atoms with Crippen LogP contribution in [0.2, 0.25) is 0 Å². The maximum absolute atomic E-state index is 13.5. The molecule has 25 heteroatoms. The van der Waals surface area contributed by atoms with E-state index < -0.39 is 115 Å². The molecular formula is C46H81N9O16. The van der Waals surface area contributed by atoms with Crippen molar-refractivity contribution in [1.29, 1.82) is 0 Å². The van der Waals surface area contributed by atoms with Crippen molar-refractivity contribution in [2.45, 2.75) is 198 Å². The Bertz CT molecular complexity index is 1710. The van der Waals surface area contributed by atoms with E-state index in [-0.39, 0.29) is 58.2 Å². The molecule has 1 aliphatic rings. The summed E-state index contributed by atoms with van der Waals surface area (Å²) in [5.74, 6) is -10.2. The number of aliphatic hydroxyl groups is 3. The van der Waals surface area contributed by atoms with Crippen LogP contribution in [-0.2, 0) is 47.9 Å². The van der Waals surface area contributed by atoms with E-state index in [1.165, 1.54) is 57.8 Å². The molecule has 0 spiro atoms. The number of unbranched alkanes of at least 4 members (excludes halogenated alkanes) is 14. The Balaban J connectivity index is 2.92. The summed E-state index contributed by atoms with van der Waals surface area (Å²) in [5, 5.41) is 76.5. The molecule has 1 aliphatic heterocycles. The predicted molar refractivity (Wildman–Crippen MR) is 253 cm³/mol. The van der Waals surface area contributed by atoms with Crippen LogP contribution in [0.5, 0.6) is 0 Å². The Hall–Kier alpha value is -5.50. The van der Waals surface area contributed by atoms with Gasteiger partial charge in [0.1, 0.15) is 36.3 Å². The smallest absolute Gasteiger partial charge is 0.326 e. The van der Waals surface area contributed by atoms with Crippen molar-refractivity contribution >= 4 is 59.1 Å². The third kappa shape index (κ3) is 26.5. The lowest BCUT2D eigenvalue weighted by Gasteiger charge is -2.26. The van der Waals surface area contributed by atoms with Crippen molar-refractivity contribution < 1.29 is 78.8 Å². The first-order valence-corrected chi connectivity index (χ1v) is 24.9. The van der Waals surface area contributed by atoms with Crippen LogP contribution >= 0.6 is 0 Å². The number of aliphatic carboxylic acids is 1. The maximum atomic E-state index is 13.5. The lowest BCUT2D eigenvalue weighted by Crippen LogP contribution is -2.61. The molecular weight excluding hydrogens is 935 g/mol. The molecule has 0 aliphatic carbocycles. The molecule has 1 rings (SSSR count). The average molecular weight is 1020 g/mol. The predicted octanol–water partition coefficient (Wildman–Crippen LogP) is -0.858. The SMILES string of the molecule is CCCCCCCCCCCCCCCCCC(=O)NC1C(=O)NC(C(=O)NC(CO)C(=O)NC(CCCN(O)C(C)=O)C(=O)NC(CO)C(=O)NC(CCCN(O)C(C)=O)C(=O)O)CCNC(=O)C1O. The Labute approximate surface area is 415 Å². The normalized spacial score (nSPS) is 17.5. The van der Waals surface area contributed by atoms with Crippen molar-refractivity contribution in [3.05, 3.63) is 0 Å². The molecule has 71 heavy (non-hydrogen) atoms. The van der Waals surface area contributed by atoms with Crippen molar-refractivity contribution in [3.8, 4) is 0 Å². The molecule has 0 aromatic rings. The number of hydroxylamine groups is 4. The fraction of sp³-hybridized carbons (Fsp3) is 0.783. The molecule has 0 saturated carbocycles. The van der Waals surface area contributed by atoms with Crippen LogP contribution in [0, 0.1) is 0 Å². The van der Waals surface area contributed by atoms with Crippen LogP contribution in [0.3, 0.4) is 0 Å². The largest absolute Gasteiger partial charge is 0.480 e. The van der Waals surface area contributed by atoms with Crippen molar-refractivity contribution in [3.63, 3.8) is 0 Å². The molecule has 9 amide bonds. The molecule has 0 aromatic carbocycles. The minimum absolute atomic E-state index is 0.00975. The number of amides is 9. The van der Waals surface area contributed by atoms with Gasteiger partial charge in [-0.3, -0.25) is 53.6 Å². The maximum Gasteiger partial charge on any atom is 0.326 e. The van der Waals surface area contributed by atoms with E-state index >= 15 is 0 Å². The number of nitrogens with zero attached hydrogens (tertiary/aromatic N) is 2. The standard InChI is InChI=1S/C46H81N9O16/c1-4-5-6-7-8-9-10-11-12-13-14-15-16-17-18-23-37(60)53-38-39(61)45(67)47-25-24-33(49-44(38)66)41(63)52-35(28-56)42(64)48-32(21-19-26-54(70)30(2)58)40(62)51-36(29-57)43(65)50-34(46(68)69)22-20-27-55(71)31(3)59/h32-36,38-39,56-57,61,70-71H,4-29H2,1-3H3,(H,47,67)(H,48,64)(H,49,66)(H,50,65)(H,51,62)(H,52,63)(H,53,60)(H,68,69). The highest BCUT2D eigenvalue weighted by molar-refractivity contribution is 5.99. The van der Waals surface area contributed by atoms with E-state index in [4.69, 9.17) is 0 Å². The van der Waals surface area contributed by atoms with E-state index in [1.54, 1.807) is 0 Å². The molecule has 25 nitrogen and oxygen atoms in total. The Morgan fingerprint density at radius 2 is 1.03 bits per heavy atom. The lowest BCUT2D eigenvalue weighted by atomic mass is 10.0. The minimum Gasteiger partial charge on any atom is -0.480 e. The Morgan fingerprint density at radius 3 is 1.49 bits per heavy atom. The number of carbonyl (C=O) groups is 10. The monoisotopic (exact) mass is 1020 g/mol. The van der Waals surface area contributed by atoms with E-state index in [0.717, 1.165) is 46.0 Å². The zero-order valence-electron chi connectivity index (χ0n) is 41.6. The minimum atomic E-state index is -2.03. The number of rotatable bonds is 36. The van der Waals surface area contributed by atoms with Gasteiger partial charge in [0.25, 0.3) is 5.91 Å². The number of hydrogen-bond donors (Lipinski definition) is 13. The van der Waals surface area contributed by atoms with Crippen LogP contribution in [-0.4, -0.2) is 175 Å². The highest BCUT2D eigenvalue weighted by Gasteiger charge is 2.38. The lowest BCUT2D eigenvalue weighted by molar-refractivity contribution is -0.163. The van der Waals surface area contributed by atoms with E-state index in [2.05, 4.69) is 44.1 Å². The van der Waals surface area contributed by atoms with Crippen molar-refractivity contribution in [2.75, 3.05) is 32.8 Å². The highest BCUT2D eigenvalue weighted by atomic mass is 16.5. The first kappa shape index (κ1) is 63.5. The number of hydrogen-bond acceptors (Lipinski definition) is 15. The molecule has 0 bridgehead atoms. The molecule has 0 radical (unpaired) electrons. The molecule has 1 heterocycles. The van der Waals surface area contributed by atoms with Gasteiger partial charge < -0.3 is 57.6 Å². The van der Waals surface area contributed by atoms with Gasteiger partial charge in [0.2, 0.25) is 47.3 Å². The van der Waals surface area contributed by atoms with E-state index in [9.17, 15) is 78.8 Å². The third-order valence-electron chi connectivity index (χ3n) is 11.9. The number of carbonyl (C=O) groups excluding carboxylic acids is 9. The van der Waals surface area contributed by atoms with Gasteiger partial charge in [-0.2, -0.15) is 0 Å². The summed E-state index contributed by atoms with van der Waals surface area (Å²) in [4.78, 5) is 127. The molecule has 406 valence electrons. The fourth-order valence-electron chi connectivity index (χ4n) is 7.53. The van der Waals surface area contributed by atoms with Gasteiger partial charge in [0.05, 0.1) is 13.2 Å². The van der Waals surface area contributed by atoms with Gasteiger partial charge in [-0.1, -0.05) is 96.8 Å². The topological polar surface area (TPSA) is 383 Å². The van der Waals surface area contributed by atoms with Gasteiger partial charge in [0, 0.05) is 39.9 Å². The summed E-state index contributed by atoms with van der Waals surface area (Å²) in [5.41, 5.74) is 0. The second kappa shape index (κ2) is 36.4. The zero-order chi connectivity index (χ0) is 53.3. The summed E-state index contributed by atoms with van der Waals surface area (Å²) < 4.78 is 0. The van der Waals surface area contributed by atoms with E-state index in [1.807, 2.05) is 0 Å². The number of carboxylic acid groups (broad SMARTS) is 1. The zero-order valence-corrected chi connectivity index (χ0v) is 41.6. The summed E-state index contributed by atoms with van der Waals surface area (Å²) in [6.45, 7) is 1.31. The Kier molecular flexibility index (Phi) is 32.6. The first-order valence-electron chi connectivity index (χ1n) is 24.9. The van der Waals surface area contributed by atoms with Gasteiger partial charge in [0.15, 0.2) is 6.10 Å². The third-order valence-corrected chi connectivity index (χ3v) is 11.9. The number of aliphatic hydroxyl groups excluding tert-OH is 3. The van der Waals surface area contributed by atoms with E-state index in [0.29, 0.717) is 16.5 Å². The van der Waals surface area contributed by atoms with Gasteiger partial charge in [-0.15, -0.1) is 0 Å². The highest BCUT2D eigenvalue weighted by Crippen LogP contribution is 2.14. The van der Waals surface area contributed by atoms with Crippen LogP contribution in [0.1, 0.15) is 156 Å². The van der Waals surface area contributed by atoms with Crippen LogP contribution in [0.25, 0.3) is 0 Å². The van der Waals surface area contributed by atoms with Gasteiger partial charge in [-0.25, -0.2) is 14.9 Å². The molecule has 0 aromatic heterocycles. The number of nitrogens with one attached hydrogen (secondary N) is 7. The van der Waals surface area contributed by atoms with Crippen molar-refractivity contribution in [1.82, 2.24) is 47.3 Å². The van der Waals surface area contributed by atoms with Crippen LogP contribution in [0.15, 0.2) is 0 Å². The van der Waals surface area contributed by atoms with Crippen molar-refractivity contribution in [2.24, 2.45) is 0 Å². The second-order valence-electron chi connectivity index (χ2n) is 17.8. The first-order chi connectivity index (χ1) is 33.8. The average Bonchev–Trinajstić information content (AvgIpc) is 3.37. The molecule has 1 saturated heterocycles. The second-order valence-corrected chi connectivity index (χ2v) is 17.8. The molecule has 13 N–H and O–H groups in total. The van der Waals surface area contributed by atoms with Gasteiger partial charge in [-0.05, 0) is 38.5 Å². The van der Waals surface area contributed by atoms with Crippen LogP contribution < -0.4 is 37.2 Å². The van der Waals surface area contributed by atoms with Crippen LogP contribution in [0.4, 0.5) is 0 Å². The molecule has 7 atom stereocenters. The molecule has 7 unspecified atom stereocenters.